The summed E-state index contributed by atoms with van der Waals surface area (Å²) in [6.45, 7) is 0. The SMILES string of the molecule is Fc1cccc(Cl)c1Nc1cc(Cl)ncn1. The molecule has 0 atom stereocenters. The Kier molecular flexibility index (Phi) is 3.22. The van der Waals surface area contributed by atoms with Gasteiger partial charge in [-0.15, -0.1) is 0 Å². The number of anilines is 2. The molecule has 0 saturated heterocycles. The van der Waals surface area contributed by atoms with Crippen molar-refractivity contribution in [1.82, 2.24) is 9.97 Å². The topological polar surface area (TPSA) is 37.8 Å². The van der Waals surface area contributed by atoms with Gasteiger partial charge in [-0.2, -0.15) is 0 Å². The molecule has 0 bridgehead atoms. The smallest absolute Gasteiger partial charge is 0.148 e. The zero-order valence-corrected chi connectivity index (χ0v) is 9.43. The van der Waals surface area contributed by atoms with Crippen LogP contribution in [0.25, 0.3) is 0 Å². The van der Waals surface area contributed by atoms with Gasteiger partial charge in [-0.1, -0.05) is 29.3 Å². The summed E-state index contributed by atoms with van der Waals surface area (Å²) >= 11 is 11.5. The van der Waals surface area contributed by atoms with Crippen LogP contribution in [-0.2, 0) is 0 Å². The van der Waals surface area contributed by atoms with Gasteiger partial charge < -0.3 is 5.32 Å². The lowest BCUT2D eigenvalue weighted by molar-refractivity contribution is 0.632. The van der Waals surface area contributed by atoms with E-state index in [1.807, 2.05) is 0 Å². The van der Waals surface area contributed by atoms with E-state index in [1.54, 1.807) is 6.07 Å². The Balaban J connectivity index is 2.34. The van der Waals surface area contributed by atoms with Gasteiger partial charge in [0.15, 0.2) is 0 Å². The first-order valence-electron chi connectivity index (χ1n) is 4.35. The molecule has 0 aliphatic heterocycles. The molecular formula is C10H6Cl2FN3. The molecule has 6 heteroatoms. The molecule has 82 valence electrons. The molecule has 1 N–H and O–H groups in total. The van der Waals surface area contributed by atoms with E-state index in [4.69, 9.17) is 23.2 Å². The third-order valence-electron chi connectivity index (χ3n) is 1.85. The second-order valence-electron chi connectivity index (χ2n) is 2.95. The van der Waals surface area contributed by atoms with Crippen molar-refractivity contribution in [2.24, 2.45) is 0 Å². The Morgan fingerprint density at radius 1 is 1.19 bits per heavy atom. The summed E-state index contributed by atoms with van der Waals surface area (Å²) in [5.41, 5.74) is 0.166. The third kappa shape index (κ3) is 2.40. The van der Waals surface area contributed by atoms with Crippen molar-refractivity contribution < 1.29 is 4.39 Å². The van der Waals surface area contributed by atoms with Crippen LogP contribution in [0.1, 0.15) is 0 Å². The second-order valence-corrected chi connectivity index (χ2v) is 3.74. The van der Waals surface area contributed by atoms with Crippen LogP contribution in [0, 0.1) is 5.82 Å². The summed E-state index contributed by atoms with van der Waals surface area (Å²) in [6, 6.07) is 5.88. The van der Waals surface area contributed by atoms with E-state index in [-0.39, 0.29) is 15.9 Å². The Hall–Kier alpha value is -1.39. The molecule has 0 saturated carbocycles. The summed E-state index contributed by atoms with van der Waals surface area (Å²) in [6.07, 6.45) is 1.28. The quantitative estimate of drug-likeness (QED) is 0.835. The Bertz CT molecular complexity index is 499. The predicted octanol–water partition coefficient (Wildman–Crippen LogP) is 3.67. The van der Waals surface area contributed by atoms with E-state index in [0.29, 0.717) is 5.82 Å². The first kappa shape index (κ1) is 11.1. The monoisotopic (exact) mass is 257 g/mol. The van der Waals surface area contributed by atoms with Gasteiger partial charge in [0.05, 0.1) is 10.7 Å². The molecule has 2 rings (SSSR count). The van der Waals surface area contributed by atoms with Crippen molar-refractivity contribution in [2.75, 3.05) is 5.32 Å². The van der Waals surface area contributed by atoms with Crippen molar-refractivity contribution in [3.05, 3.63) is 46.6 Å². The molecule has 0 unspecified atom stereocenters. The highest BCUT2D eigenvalue weighted by atomic mass is 35.5. The van der Waals surface area contributed by atoms with Gasteiger partial charge in [-0.3, -0.25) is 0 Å². The Morgan fingerprint density at radius 2 is 2.00 bits per heavy atom. The van der Waals surface area contributed by atoms with E-state index >= 15 is 0 Å². The molecule has 3 nitrogen and oxygen atoms in total. The summed E-state index contributed by atoms with van der Waals surface area (Å²) in [7, 11) is 0. The number of rotatable bonds is 2. The lowest BCUT2D eigenvalue weighted by atomic mass is 10.3. The van der Waals surface area contributed by atoms with Crippen LogP contribution in [0.15, 0.2) is 30.6 Å². The van der Waals surface area contributed by atoms with Crippen molar-refractivity contribution in [3.63, 3.8) is 0 Å². The van der Waals surface area contributed by atoms with E-state index < -0.39 is 5.82 Å². The molecule has 0 aliphatic rings. The van der Waals surface area contributed by atoms with Gasteiger partial charge in [0.1, 0.15) is 23.1 Å². The molecule has 16 heavy (non-hydrogen) atoms. The van der Waals surface area contributed by atoms with E-state index in [1.165, 1.54) is 24.5 Å². The normalized spacial score (nSPS) is 10.2. The van der Waals surface area contributed by atoms with Crippen molar-refractivity contribution >= 4 is 34.7 Å². The first-order chi connectivity index (χ1) is 7.66. The fourth-order valence-corrected chi connectivity index (χ4v) is 1.50. The van der Waals surface area contributed by atoms with Gasteiger partial charge in [0.25, 0.3) is 0 Å². The molecular weight excluding hydrogens is 252 g/mol. The van der Waals surface area contributed by atoms with Crippen LogP contribution in [0.2, 0.25) is 10.2 Å². The summed E-state index contributed by atoms with van der Waals surface area (Å²) in [5.74, 6) is -0.0748. The van der Waals surface area contributed by atoms with Crippen LogP contribution < -0.4 is 5.32 Å². The minimum absolute atomic E-state index is 0.166. The van der Waals surface area contributed by atoms with Crippen LogP contribution in [0.5, 0.6) is 0 Å². The molecule has 2 aromatic rings. The van der Waals surface area contributed by atoms with Crippen molar-refractivity contribution in [1.29, 1.82) is 0 Å². The van der Waals surface area contributed by atoms with Gasteiger partial charge >= 0.3 is 0 Å². The third-order valence-corrected chi connectivity index (χ3v) is 2.37. The number of halogens is 3. The van der Waals surface area contributed by atoms with E-state index in [0.717, 1.165) is 0 Å². The number of nitrogens with one attached hydrogen (secondary N) is 1. The lowest BCUT2D eigenvalue weighted by Crippen LogP contribution is -1.97. The molecule has 1 aromatic carbocycles. The predicted molar refractivity (Wildman–Crippen MR) is 61.7 cm³/mol. The zero-order valence-electron chi connectivity index (χ0n) is 7.92. The highest BCUT2D eigenvalue weighted by Gasteiger charge is 2.07. The maximum atomic E-state index is 13.4. The Morgan fingerprint density at radius 3 is 2.69 bits per heavy atom. The first-order valence-corrected chi connectivity index (χ1v) is 5.11. The maximum absolute atomic E-state index is 13.4. The van der Waals surface area contributed by atoms with Gasteiger partial charge in [0, 0.05) is 6.07 Å². The van der Waals surface area contributed by atoms with Crippen molar-refractivity contribution in [3.8, 4) is 0 Å². The average molecular weight is 258 g/mol. The standard InChI is InChI=1S/C10H6Cl2FN3/c11-6-2-1-3-7(13)10(6)16-9-4-8(12)14-5-15-9/h1-5H,(H,14,15,16). The number of hydrogen-bond acceptors (Lipinski definition) is 3. The number of para-hydroxylation sites is 1. The van der Waals surface area contributed by atoms with Crippen LogP contribution in [0.4, 0.5) is 15.9 Å². The fourth-order valence-electron chi connectivity index (χ4n) is 1.15. The zero-order chi connectivity index (χ0) is 11.5. The van der Waals surface area contributed by atoms with Crippen LogP contribution >= 0.6 is 23.2 Å². The minimum Gasteiger partial charge on any atom is -0.336 e. The fraction of sp³-hybridized carbons (Fsp3) is 0. The van der Waals surface area contributed by atoms with Crippen molar-refractivity contribution in [2.45, 2.75) is 0 Å². The summed E-state index contributed by atoms with van der Waals surface area (Å²) < 4.78 is 13.4. The van der Waals surface area contributed by atoms with E-state index in [9.17, 15) is 4.39 Å². The number of nitrogens with zero attached hydrogens (tertiary/aromatic N) is 2. The summed E-state index contributed by atoms with van der Waals surface area (Å²) in [5, 5.41) is 3.28. The van der Waals surface area contributed by atoms with Crippen LogP contribution in [0.3, 0.4) is 0 Å². The highest BCUT2D eigenvalue weighted by molar-refractivity contribution is 6.33. The molecule has 0 amide bonds. The maximum Gasteiger partial charge on any atom is 0.148 e. The van der Waals surface area contributed by atoms with Gasteiger partial charge in [-0.25, -0.2) is 14.4 Å². The van der Waals surface area contributed by atoms with E-state index in [2.05, 4.69) is 15.3 Å². The number of benzene rings is 1. The van der Waals surface area contributed by atoms with Gasteiger partial charge in [0.2, 0.25) is 0 Å². The lowest BCUT2D eigenvalue weighted by Gasteiger charge is -2.08. The number of hydrogen-bond donors (Lipinski definition) is 1. The molecule has 0 aliphatic carbocycles. The minimum atomic E-state index is -0.456. The molecule has 1 aromatic heterocycles. The molecule has 0 spiro atoms. The molecule has 1 heterocycles. The molecule has 0 radical (unpaired) electrons. The Labute approximate surface area is 101 Å². The largest absolute Gasteiger partial charge is 0.336 e. The summed E-state index contributed by atoms with van der Waals surface area (Å²) in [4.78, 5) is 7.60. The molecule has 0 fully saturated rings. The van der Waals surface area contributed by atoms with Crippen LogP contribution in [-0.4, -0.2) is 9.97 Å². The second kappa shape index (κ2) is 4.63. The number of aromatic nitrogens is 2. The highest BCUT2D eigenvalue weighted by Crippen LogP contribution is 2.27. The average Bonchev–Trinajstić information content (AvgIpc) is 2.24. The van der Waals surface area contributed by atoms with Gasteiger partial charge in [-0.05, 0) is 12.1 Å².